The van der Waals surface area contributed by atoms with Crippen molar-refractivity contribution in [3.63, 3.8) is 0 Å². The highest BCUT2D eigenvalue weighted by molar-refractivity contribution is 5.79. The Hall–Kier alpha value is -1.59. The fraction of sp³-hybridized carbons (Fsp3) is 0.682. The number of guanidine groups is 1. The summed E-state index contributed by atoms with van der Waals surface area (Å²) in [6.07, 6.45) is 3.13. The first-order chi connectivity index (χ1) is 13.2. The molecule has 0 amide bonds. The highest BCUT2D eigenvalue weighted by Crippen LogP contribution is 2.35. The Labute approximate surface area is 164 Å². The molecule has 0 radical (unpaired) electrons. The number of nitrogens with one attached hydrogen (secondary N) is 2. The smallest absolute Gasteiger partial charge is 0.191 e. The van der Waals surface area contributed by atoms with Crippen molar-refractivity contribution in [3.8, 4) is 0 Å². The van der Waals surface area contributed by atoms with Crippen LogP contribution >= 0.6 is 0 Å². The lowest BCUT2D eigenvalue weighted by Gasteiger charge is -2.36. The molecule has 0 aromatic heterocycles. The van der Waals surface area contributed by atoms with Crippen LogP contribution in [0.5, 0.6) is 0 Å². The van der Waals surface area contributed by atoms with Gasteiger partial charge in [-0.2, -0.15) is 0 Å². The number of rotatable bonds is 10. The average molecular weight is 376 g/mol. The minimum Gasteiger partial charge on any atom is -0.381 e. The lowest BCUT2D eigenvalue weighted by molar-refractivity contribution is 0.0531. The van der Waals surface area contributed by atoms with Crippen LogP contribution in [0.15, 0.2) is 35.3 Å². The molecule has 27 heavy (non-hydrogen) atoms. The maximum absolute atomic E-state index is 5.69. The van der Waals surface area contributed by atoms with E-state index < -0.39 is 0 Å². The van der Waals surface area contributed by atoms with Crippen molar-refractivity contribution in [2.75, 3.05) is 46.1 Å². The van der Waals surface area contributed by atoms with Crippen LogP contribution in [0.2, 0.25) is 0 Å². The first-order valence-electron chi connectivity index (χ1n) is 10.4. The summed E-state index contributed by atoms with van der Waals surface area (Å²) in [5, 5.41) is 6.75. The van der Waals surface area contributed by atoms with Gasteiger partial charge in [-0.3, -0.25) is 4.99 Å². The van der Waals surface area contributed by atoms with Gasteiger partial charge in [0.05, 0.1) is 13.2 Å². The monoisotopic (exact) mass is 375 g/mol. The van der Waals surface area contributed by atoms with Crippen LogP contribution < -0.4 is 10.6 Å². The minimum atomic E-state index is 0.0651. The Kier molecular flexibility index (Phi) is 9.64. The van der Waals surface area contributed by atoms with Crippen LogP contribution in [0, 0.1) is 5.92 Å². The topological polar surface area (TPSA) is 54.9 Å². The summed E-state index contributed by atoms with van der Waals surface area (Å²) in [4.78, 5) is 4.92. The Morgan fingerprint density at radius 3 is 2.56 bits per heavy atom. The molecule has 0 spiro atoms. The van der Waals surface area contributed by atoms with E-state index in [1.54, 1.807) is 0 Å². The molecule has 1 saturated heterocycles. The molecule has 1 aliphatic heterocycles. The molecule has 152 valence electrons. The van der Waals surface area contributed by atoms with E-state index in [0.29, 0.717) is 12.5 Å². The predicted molar refractivity (Wildman–Crippen MR) is 112 cm³/mol. The summed E-state index contributed by atoms with van der Waals surface area (Å²) >= 11 is 0. The van der Waals surface area contributed by atoms with E-state index in [-0.39, 0.29) is 5.41 Å². The van der Waals surface area contributed by atoms with Gasteiger partial charge in [0.2, 0.25) is 0 Å². The lowest BCUT2D eigenvalue weighted by atomic mass is 9.74. The molecule has 1 aliphatic rings. The molecule has 1 aromatic carbocycles. The van der Waals surface area contributed by atoms with Crippen molar-refractivity contribution in [2.24, 2.45) is 10.9 Å². The average Bonchev–Trinajstić information content (AvgIpc) is 2.70. The fourth-order valence-electron chi connectivity index (χ4n) is 3.33. The Morgan fingerprint density at radius 1 is 1.15 bits per heavy atom. The Morgan fingerprint density at radius 2 is 1.89 bits per heavy atom. The molecule has 2 rings (SSSR count). The molecule has 1 aromatic rings. The maximum Gasteiger partial charge on any atom is 0.191 e. The summed E-state index contributed by atoms with van der Waals surface area (Å²) in [7, 11) is 0. The molecule has 0 bridgehead atoms. The van der Waals surface area contributed by atoms with Crippen molar-refractivity contribution in [1.29, 1.82) is 0 Å². The quantitative estimate of drug-likeness (QED) is 0.374. The molecular formula is C22H37N3O2. The Bertz CT molecular complexity index is 540. The van der Waals surface area contributed by atoms with Crippen LogP contribution in [0.4, 0.5) is 0 Å². The zero-order chi connectivity index (χ0) is 19.4. The molecular weight excluding hydrogens is 338 g/mol. The van der Waals surface area contributed by atoms with E-state index in [0.717, 1.165) is 64.7 Å². The zero-order valence-electron chi connectivity index (χ0n) is 17.3. The van der Waals surface area contributed by atoms with E-state index in [9.17, 15) is 0 Å². The summed E-state index contributed by atoms with van der Waals surface area (Å²) < 4.78 is 11.3. The van der Waals surface area contributed by atoms with Crippen LogP contribution in [0.3, 0.4) is 0 Å². The largest absolute Gasteiger partial charge is 0.381 e. The number of hydrogen-bond donors (Lipinski definition) is 2. The van der Waals surface area contributed by atoms with Crippen LogP contribution in [-0.2, 0) is 14.9 Å². The van der Waals surface area contributed by atoms with Crippen molar-refractivity contribution in [2.45, 2.75) is 45.4 Å². The third kappa shape index (κ3) is 7.51. The minimum absolute atomic E-state index is 0.0651. The van der Waals surface area contributed by atoms with Gasteiger partial charge in [-0.15, -0.1) is 0 Å². The van der Waals surface area contributed by atoms with Crippen molar-refractivity contribution < 1.29 is 9.47 Å². The maximum atomic E-state index is 5.69. The SMILES string of the molecule is CCNC(=NCC1(c2ccccc2)CCOCC1)NCCOCCC(C)C. The van der Waals surface area contributed by atoms with Crippen LogP contribution in [0.25, 0.3) is 0 Å². The first-order valence-corrected chi connectivity index (χ1v) is 10.4. The summed E-state index contributed by atoms with van der Waals surface area (Å²) in [6.45, 7) is 12.1. The van der Waals surface area contributed by atoms with Crippen LogP contribution in [-0.4, -0.2) is 52.0 Å². The number of aliphatic imine (C=N–C) groups is 1. The molecule has 2 N–H and O–H groups in total. The van der Waals surface area contributed by atoms with E-state index in [1.807, 2.05) is 0 Å². The molecule has 0 aliphatic carbocycles. The fourth-order valence-corrected chi connectivity index (χ4v) is 3.33. The normalized spacial score (nSPS) is 17.1. The number of hydrogen-bond acceptors (Lipinski definition) is 3. The van der Waals surface area contributed by atoms with Crippen molar-refractivity contribution >= 4 is 5.96 Å². The van der Waals surface area contributed by atoms with E-state index >= 15 is 0 Å². The molecule has 0 saturated carbocycles. The number of ether oxygens (including phenoxy) is 2. The van der Waals surface area contributed by atoms with Gasteiger partial charge in [0, 0.05) is 38.3 Å². The second-order valence-corrected chi connectivity index (χ2v) is 7.68. The standard InChI is InChI=1S/C22H37N3O2/c1-4-23-21(24-13-17-26-14-10-19(2)3)25-18-22(11-15-27-16-12-22)20-8-6-5-7-9-20/h5-9,19H,4,10-18H2,1-3H3,(H2,23,24,25). The second kappa shape index (κ2) is 12.0. The zero-order valence-corrected chi connectivity index (χ0v) is 17.3. The highest BCUT2D eigenvalue weighted by atomic mass is 16.5. The lowest BCUT2D eigenvalue weighted by Crippen LogP contribution is -2.42. The summed E-state index contributed by atoms with van der Waals surface area (Å²) in [6, 6.07) is 10.8. The molecule has 5 nitrogen and oxygen atoms in total. The van der Waals surface area contributed by atoms with Gasteiger partial charge in [0.1, 0.15) is 0 Å². The van der Waals surface area contributed by atoms with Crippen molar-refractivity contribution in [3.05, 3.63) is 35.9 Å². The molecule has 0 atom stereocenters. The Balaban J connectivity index is 1.92. The van der Waals surface area contributed by atoms with E-state index in [2.05, 4.69) is 61.7 Å². The van der Waals surface area contributed by atoms with Gasteiger partial charge in [0.25, 0.3) is 0 Å². The third-order valence-corrected chi connectivity index (χ3v) is 5.10. The van der Waals surface area contributed by atoms with Gasteiger partial charge in [-0.1, -0.05) is 44.2 Å². The first kappa shape index (κ1) is 21.7. The molecule has 1 heterocycles. The molecule has 5 heteroatoms. The van der Waals surface area contributed by atoms with Gasteiger partial charge < -0.3 is 20.1 Å². The van der Waals surface area contributed by atoms with Crippen molar-refractivity contribution in [1.82, 2.24) is 10.6 Å². The third-order valence-electron chi connectivity index (χ3n) is 5.10. The number of nitrogens with zero attached hydrogens (tertiary/aromatic N) is 1. The second-order valence-electron chi connectivity index (χ2n) is 7.68. The summed E-state index contributed by atoms with van der Waals surface area (Å²) in [5.41, 5.74) is 1.43. The van der Waals surface area contributed by atoms with Gasteiger partial charge in [0.15, 0.2) is 5.96 Å². The van der Waals surface area contributed by atoms with Gasteiger partial charge in [-0.25, -0.2) is 0 Å². The molecule has 1 fully saturated rings. The van der Waals surface area contributed by atoms with Gasteiger partial charge >= 0.3 is 0 Å². The highest BCUT2D eigenvalue weighted by Gasteiger charge is 2.34. The van der Waals surface area contributed by atoms with E-state index in [4.69, 9.17) is 14.5 Å². The summed E-state index contributed by atoms with van der Waals surface area (Å²) in [5.74, 6) is 1.55. The van der Waals surface area contributed by atoms with Gasteiger partial charge in [-0.05, 0) is 37.7 Å². The van der Waals surface area contributed by atoms with E-state index in [1.165, 1.54) is 5.56 Å². The predicted octanol–water partition coefficient (Wildman–Crippen LogP) is 3.35. The number of benzene rings is 1. The molecule has 0 unspecified atom stereocenters. The van der Waals surface area contributed by atoms with Crippen LogP contribution in [0.1, 0.15) is 45.6 Å².